The molecule has 5 nitrogen and oxygen atoms in total. The van der Waals surface area contributed by atoms with Gasteiger partial charge in [-0.25, -0.2) is 0 Å². The highest BCUT2D eigenvalue weighted by Gasteiger charge is 2.14. The van der Waals surface area contributed by atoms with Crippen molar-refractivity contribution in [2.45, 2.75) is 32.9 Å². The predicted molar refractivity (Wildman–Crippen MR) is 83.9 cm³/mol. The monoisotopic (exact) mass is 328 g/mol. The third-order valence-corrected chi connectivity index (χ3v) is 3.65. The Morgan fingerprint density at radius 1 is 1.33 bits per heavy atom. The molecule has 0 saturated carbocycles. The van der Waals surface area contributed by atoms with Gasteiger partial charge in [0.1, 0.15) is 18.2 Å². The average Bonchev–Trinajstić information content (AvgIpc) is 2.68. The summed E-state index contributed by atoms with van der Waals surface area (Å²) in [5.74, 6) is 2.15. The molecule has 1 atom stereocenters. The number of nitrogens with zero attached hydrogens (tertiary/aromatic N) is 3. The number of benzene rings is 1. The molecule has 0 aliphatic carbocycles. The lowest BCUT2D eigenvalue weighted by Gasteiger charge is -2.15. The summed E-state index contributed by atoms with van der Waals surface area (Å²) in [6, 6.07) is 3.47. The van der Waals surface area contributed by atoms with Gasteiger partial charge >= 0.3 is 0 Å². The molecular weight excluding hydrogens is 311 g/mol. The van der Waals surface area contributed by atoms with Crippen molar-refractivity contribution < 1.29 is 4.74 Å². The normalized spacial score (nSPS) is 12.5. The van der Waals surface area contributed by atoms with Gasteiger partial charge in [-0.1, -0.05) is 23.2 Å². The second kappa shape index (κ2) is 6.64. The highest BCUT2D eigenvalue weighted by atomic mass is 35.5. The molecule has 21 heavy (non-hydrogen) atoms. The van der Waals surface area contributed by atoms with Gasteiger partial charge in [0.2, 0.25) is 0 Å². The Morgan fingerprint density at radius 3 is 2.62 bits per heavy atom. The van der Waals surface area contributed by atoms with Gasteiger partial charge in [0, 0.05) is 18.1 Å². The molecule has 1 aromatic carbocycles. The predicted octanol–water partition coefficient (Wildman–Crippen LogP) is 2.90. The maximum Gasteiger partial charge on any atom is 0.170 e. The van der Waals surface area contributed by atoms with E-state index in [0.29, 0.717) is 22.2 Å². The Morgan fingerprint density at radius 2 is 2.05 bits per heavy atom. The molecule has 0 aliphatic rings. The molecule has 1 unspecified atom stereocenters. The minimum atomic E-state index is -0.0149. The number of halogens is 2. The molecule has 2 aromatic rings. The summed E-state index contributed by atoms with van der Waals surface area (Å²) in [5, 5.41) is 9.09. The number of aromatic nitrogens is 3. The van der Waals surface area contributed by atoms with Crippen LogP contribution in [-0.4, -0.2) is 20.8 Å². The molecule has 0 bridgehead atoms. The van der Waals surface area contributed by atoms with Crippen LogP contribution in [0.1, 0.15) is 24.1 Å². The summed E-state index contributed by atoms with van der Waals surface area (Å²) in [5.41, 5.74) is 6.75. The molecule has 1 heterocycles. The number of hydrogen-bond acceptors (Lipinski definition) is 4. The maximum absolute atomic E-state index is 6.24. The van der Waals surface area contributed by atoms with Gasteiger partial charge in [-0.2, -0.15) is 0 Å². The third-order valence-electron chi connectivity index (χ3n) is 3.16. The summed E-state index contributed by atoms with van der Waals surface area (Å²) in [7, 11) is 1.89. The fourth-order valence-corrected chi connectivity index (χ4v) is 2.58. The number of aryl methyl sites for hydroxylation is 1. The van der Waals surface area contributed by atoms with Gasteiger partial charge in [-0.3, -0.25) is 0 Å². The van der Waals surface area contributed by atoms with Crippen LogP contribution in [-0.2, 0) is 20.1 Å². The minimum absolute atomic E-state index is 0.0149. The van der Waals surface area contributed by atoms with Crippen molar-refractivity contribution in [3.63, 3.8) is 0 Å². The zero-order chi connectivity index (χ0) is 15.6. The Balaban J connectivity index is 2.24. The van der Waals surface area contributed by atoms with E-state index < -0.39 is 0 Å². The van der Waals surface area contributed by atoms with Crippen LogP contribution in [0.3, 0.4) is 0 Å². The number of hydrogen-bond donors (Lipinski definition) is 1. The maximum atomic E-state index is 6.24. The SMILES string of the molecule is Cc1nnc(COc2c(Cl)cc(Cl)cc2CC(C)N)n1C. The molecule has 0 amide bonds. The number of nitrogens with two attached hydrogens (primary N) is 1. The van der Waals surface area contributed by atoms with Crippen LogP contribution in [0, 0.1) is 6.92 Å². The number of ether oxygens (including phenoxy) is 1. The summed E-state index contributed by atoms with van der Waals surface area (Å²) >= 11 is 12.3. The van der Waals surface area contributed by atoms with Gasteiger partial charge in [0.25, 0.3) is 0 Å². The van der Waals surface area contributed by atoms with Crippen LogP contribution < -0.4 is 10.5 Å². The average molecular weight is 329 g/mol. The lowest BCUT2D eigenvalue weighted by Crippen LogP contribution is -2.18. The van der Waals surface area contributed by atoms with Crippen molar-refractivity contribution in [3.8, 4) is 5.75 Å². The lowest BCUT2D eigenvalue weighted by molar-refractivity contribution is 0.287. The fraction of sp³-hybridized carbons (Fsp3) is 0.429. The molecule has 2 N–H and O–H groups in total. The molecular formula is C14H18Cl2N4O. The van der Waals surface area contributed by atoms with Crippen LogP contribution in [0.15, 0.2) is 12.1 Å². The Hall–Kier alpha value is -1.30. The van der Waals surface area contributed by atoms with Crippen LogP contribution >= 0.6 is 23.2 Å². The molecule has 2 rings (SSSR count). The minimum Gasteiger partial charge on any atom is -0.484 e. The van der Waals surface area contributed by atoms with Crippen molar-refractivity contribution in [1.82, 2.24) is 14.8 Å². The van der Waals surface area contributed by atoms with Crippen LogP contribution in [0.25, 0.3) is 0 Å². The van der Waals surface area contributed by atoms with Crippen molar-refractivity contribution in [2.75, 3.05) is 0 Å². The second-order valence-corrected chi connectivity index (χ2v) is 5.91. The first-order valence-electron chi connectivity index (χ1n) is 6.59. The quantitative estimate of drug-likeness (QED) is 0.916. The van der Waals surface area contributed by atoms with E-state index >= 15 is 0 Å². The van der Waals surface area contributed by atoms with Crippen molar-refractivity contribution >= 4 is 23.2 Å². The number of rotatable bonds is 5. The van der Waals surface area contributed by atoms with Gasteiger partial charge in [0.15, 0.2) is 5.82 Å². The van der Waals surface area contributed by atoms with Gasteiger partial charge in [-0.15, -0.1) is 10.2 Å². The second-order valence-electron chi connectivity index (χ2n) is 5.07. The Kier molecular flexibility index (Phi) is 5.08. The molecule has 0 saturated heterocycles. The Bertz CT molecular complexity index is 640. The van der Waals surface area contributed by atoms with E-state index in [9.17, 15) is 0 Å². The van der Waals surface area contributed by atoms with Crippen molar-refractivity contribution in [3.05, 3.63) is 39.4 Å². The molecule has 7 heteroatoms. The summed E-state index contributed by atoms with van der Waals surface area (Å²) < 4.78 is 7.70. The Labute approximate surface area is 134 Å². The van der Waals surface area contributed by atoms with E-state index in [2.05, 4.69) is 10.2 Å². The van der Waals surface area contributed by atoms with Gasteiger partial charge < -0.3 is 15.0 Å². The zero-order valence-electron chi connectivity index (χ0n) is 12.2. The van der Waals surface area contributed by atoms with Crippen LogP contribution in [0.2, 0.25) is 10.0 Å². The first kappa shape index (κ1) is 16.1. The van der Waals surface area contributed by atoms with E-state index in [-0.39, 0.29) is 12.6 Å². The first-order valence-corrected chi connectivity index (χ1v) is 7.35. The lowest BCUT2D eigenvalue weighted by atomic mass is 10.1. The molecule has 0 radical (unpaired) electrons. The summed E-state index contributed by atoms with van der Waals surface area (Å²) in [6.45, 7) is 4.09. The molecule has 0 fully saturated rings. The van der Waals surface area contributed by atoms with Crippen molar-refractivity contribution in [2.24, 2.45) is 12.8 Å². The van der Waals surface area contributed by atoms with Crippen LogP contribution in [0.4, 0.5) is 0 Å². The van der Waals surface area contributed by atoms with E-state index in [0.717, 1.165) is 17.2 Å². The first-order chi connectivity index (χ1) is 9.88. The summed E-state index contributed by atoms with van der Waals surface area (Å²) in [4.78, 5) is 0. The van der Waals surface area contributed by atoms with E-state index in [1.807, 2.05) is 31.5 Å². The largest absolute Gasteiger partial charge is 0.484 e. The molecule has 114 valence electrons. The highest BCUT2D eigenvalue weighted by Crippen LogP contribution is 2.33. The van der Waals surface area contributed by atoms with Crippen LogP contribution in [0.5, 0.6) is 5.75 Å². The fourth-order valence-electron chi connectivity index (χ4n) is 1.99. The van der Waals surface area contributed by atoms with Crippen molar-refractivity contribution in [1.29, 1.82) is 0 Å². The van der Waals surface area contributed by atoms with Gasteiger partial charge in [0.05, 0.1) is 5.02 Å². The molecule has 0 spiro atoms. The zero-order valence-corrected chi connectivity index (χ0v) is 13.7. The smallest absolute Gasteiger partial charge is 0.170 e. The van der Waals surface area contributed by atoms with E-state index in [1.54, 1.807) is 6.07 Å². The molecule has 0 aliphatic heterocycles. The van der Waals surface area contributed by atoms with E-state index in [4.69, 9.17) is 33.7 Å². The topological polar surface area (TPSA) is 66.0 Å². The summed E-state index contributed by atoms with van der Waals surface area (Å²) in [6.07, 6.45) is 0.632. The third kappa shape index (κ3) is 3.87. The standard InChI is InChI=1S/C14H18Cl2N4O/c1-8(17)4-10-5-11(15)6-12(16)14(10)21-7-13-19-18-9(2)20(13)3/h5-6,8H,4,7,17H2,1-3H3. The van der Waals surface area contributed by atoms with E-state index in [1.165, 1.54) is 0 Å². The van der Waals surface area contributed by atoms with Gasteiger partial charge in [-0.05, 0) is 38.0 Å². The highest BCUT2D eigenvalue weighted by molar-refractivity contribution is 6.35. The molecule has 1 aromatic heterocycles.